The average molecular weight is 265 g/mol. The van der Waals surface area contributed by atoms with E-state index in [2.05, 4.69) is 14.8 Å². The first-order valence-electron chi connectivity index (χ1n) is 6.26. The minimum Gasteiger partial charge on any atom is -0.477 e. The first-order valence-corrected chi connectivity index (χ1v) is 6.26. The minimum absolute atomic E-state index is 0.0301. The predicted octanol–water partition coefficient (Wildman–Crippen LogP) is 0.281. The summed E-state index contributed by atoms with van der Waals surface area (Å²) in [7, 11) is 3.97. The number of likely N-dealkylation sites (N-methyl/N-ethyl adjacent to an activating group) is 1. The smallest absolute Gasteiger partial charge is 0.354 e. The van der Waals surface area contributed by atoms with Crippen LogP contribution in [0.5, 0.6) is 0 Å². The molecule has 2 N–H and O–H groups in total. The summed E-state index contributed by atoms with van der Waals surface area (Å²) >= 11 is 0. The van der Waals surface area contributed by atoms with Gasteiger partial charge in [0.25, 0.3) is 0 Å². The minimum atomic E-state index is -1.04. The van der Waals surface area contributed by atoms with Gasteiger partial charge in [-0.2, -0.15) is 0 Å². The fourth-order valence-electron chi connectivity index (χ4n) is 2.52. The van der Waals surface area contributed by atoms with Crippen LogP contribution in [0.25, 0.3) is 0 Å². The van der Waals surface area contributed by atoms with Crippen LogP contribution in [0.3, 0.4) is 0 Å². The molecule has 1 fully saturated rings. The van der Waals surface area contributed by atoms with Crippen molar-refractivity contribution in [1.29, 1.82) is 0 Å². The molecule has 0 aromatic carbocycles. The molecule has 0 amide bonds. The van der Waals surface area contributed by atoms with Gasteiger partial charge in [-0.15, -0.1) is 0 Å². The normalized spacial score (nSPS) is 23.1. The van der Waals surface area contributed by atoms with Crippen molar-refractivity contribution in [2.75, 3.05) is 32.1 Å². The van der Waals surface area contributed by atoms with Crippen molar-refractivity contribution in [1.82, 2.24) is 9.88 Å². The van der Waals surface area contributed by atoms with Crippen LogP contribution in [0.1, 0.15) is 16.9 Å². The molecule has 1 saturated heterocycles. The molecule has 0 saturated carbocycles. The van der Waals surface area contributed by atoms with Crippen LogP contribution in [-0.2, 0) is 0 Å². The van der Waals surface area contributed by atoms with Crippen molar-refractivity contribution in [3.63, 3.8) is 0 Å². The van der Waals surface area contributed by atoms with Gasteiger partial charge in [0, 0.05) is 31.0 Å². The number of aromatic nitrogens is 1. The lowest BCUT2D eigenvalue weighted by Gasteiger charge is -2.28. The van der Waals surface area contributed by atoms with E-state index in [1.165, 1.54) is 6.20 Å². The Balaban J connectivity index is 2.23. The molecular weight excluding hydrogens is 246 g/mol. The third-order valence-corrected chi connectivity index (χ3v) is 3.26. The predicted molar refractivity (Wildman–Crippen MR) is 71.5 cm³/mol. The maximum absolute atomic E-state index is 11.0. The molecule has 2 atom stereocenters. The number of carbonyl (C=O) groups is 1. The van der Waals surface area contributed by atoms with E-state index in [0.717, 1.165) is 12.2 Å². The molecule has 104 valence electrons. The van der Waals surface area contributed by atoms with E-state index >= 15 is 0 Å². The molecule has 6 heteroatoms. The van der Waals surface area contributed by atoms with E-state index in [4.69, 9.17) is 5.11 Å². The van der Waals surface area contributed by atoms with E-state index in [9.17, 15) is 9.90 Å². The zero-order valence-electron chi connectivity index (χ0n) is 11.2. The van der Waals surface area contributed by atoms with Gasteiger partial charge in [-0.05, 0) is 32.6 Å². The van der Waals surface area contributed by atoms with Gasteiger partial charge in [-0.3, -0.25) is 0 Å². The Labute approximate surface area is 112 Å². The number of aliphatic hydroxyl groups excluding tert-OH is 1. The fourth-order valence-corrected chi connectivity index (χ4v) is 2.52. The van der Waals surface area contributed by atoms with Crippen LogP contribution in [0.4, 0.5) is 5.69 Å². The number of rotatable bonds is 4. The second-order valence-electron chi connectivity index (χ2n) is 5.16. The highest BCUT2D eigenvalue weighted by Gasteiger charge is 2.31. The summed E-state index contributed by atoms with van der Waals surface area (Å²) in [5.41, 5.74) is 0.832. The summed E-state index contributed by atoms with van der Waals surface area (Å²) in [6.45, 7) is 1.35. The van der Waals surface area contributed by atoms with E-state index < -0.39 is 5.97 Å². The summed E-state index contributed by atoms with van der Waals surface area (Å²) in [6.07, 6.45) is 1.82. The Morgan fingerprint density at radius 1 is 1.58 bits per heavy atom. The lowest BCUT2D eigenvalue weighted by Crippen LogP contribution is -2.37. The first kappa shape index (κ1) is 13.8. The highest BCUT2D eigenvalue weighted by Crippen LogP contribution is 2.26. The second-order valence-corrected chi connectivity index (χ2v) is 5.16. The zero-order chi connectivity index (χ0) is 14.0. The molecule has 0 radical (unpaired) electrons. The molecule has 0 spiro atoms. The third-order valence-electron chi connectivity index (χ3n) is 3.26. The number of carboxylic acids is 1. The summed E-state index contributed by atoms with van der Waals surface area (Å²) in [5, 5.41) is 18.8. The largest absolute Gasteiger partial charge is 0.477 e. The first-order chi connectivity index (χ1) is 8.97. The molecule has 1 aliphatic heterocycles. The zero-order valence-corrected chi connectivity index (χ0v) is 11.2. The van der Waals surface area contributed by atoms with Crippen molar-refractivity contribution in [3.05, 3.63) is 24.0 Å². The Kier molecular flexibility index (Phi) is 4.01. The van der Waals surface area contributed by atoms with Gasteiger partial charge >= 0.3 is 5.97 Å². The van der Waals surface area contributed by atoms with Crippen molar-refractivity contribution < 1.29 is 15.0 Å². The Hall–Kier alpha value is -1.66. The number of carboxylic acid groups (broad SMARTS) is 1. The molecule has 2 rings (SSSR count). The molecule has 6 nitrogen and oxygen atoms in total. The van der Waals surface area contributed by atoms with Crippen LogP contribution in [0, 0.1) is 0 Å². The maximum atomic E-state index is 11.0. The molecule has 1 aromatic rings. The van der Waals surface area contributed by atoms with Crippen LogP contribution < -0.4 is 4.90 Å². The molecular formula is C13H19N3O3. The van der Waals surface area contributed by atoms with Gasteiger partial charge in [0.15, 0.2) is 0 Å². The summed E-state index contributed by atoms with van der Waals surface area (Å²) in [6, 6.07) is 3.53. The molecule has 19 heavy (non-hydrogen) atoms. The topological polar surface area (TPSA) is 76.9 Å². The number of aromatic carboxylic acids is 1. The van der Waals surface area contributed by atoms with Crippen LogP contribution >= 0.6 is 0 Å². The van der Waals surface area contributed by atoms with Crippen molar-refractivity contribution in [2.45, 2.75) is 18.6 Å². The molecule has 2 unspecified atom stereocenters. The fraction of sp³-hybridized carbons (Fsp3) is 0.538. The Bertz CT molecular complexity index is 464. The highest BCUT2D eigenvalue weighted by atomic mass is 16.4. The Morgan fingerprint density at radius 2 is 2.32 bits per heavy atom. The van der Waals surface area contributed by atoms with E-state index in [0.29, 0.717) is 13.0 Å². The molecule has 0 aliphatic carbocycles. The number of anilines is 1. The quantitative estimate of drug-likeness (QED) is 0.814. The number of hydrogen-bond acceptors (Lipinski definition) is 5. The van der Waals surface area contributed by atoms with Gasteiger partial charge in [0.2, 0.25) is 0 Å². The summed E-state index contributed by atoms with van der Waals surface area (Å²) < 4.78 is 0. The summed E-state index contributed by atoms with van der Waals surface area (Å²) in [4.78, 5) is 18.9. The van der Waals surface area contributed by atoms with Gasteiger partial charge < -0.3 is 20.0 Å². The van der Waals surface area contributed by atoms with Gasteiger partial charge in [-0.25, -0.2) is 9.78 Å². The third kappa shape index (κ3) is 3.21. The Morgan fingerprint density at radius 3 is 2.95 bits per heavy atom. The molecule has 1 aromatic heterocycles. The van der Waals surface area contributed by atoms with Crippen LogP contribution in [0.15, 0.2) is 18.3 Å². The van der Waals surface area contributed by atoms with Crippen molar-refractivity contribution in [3.8, 4) is 0 Å². The van der Waals surface area contributed by atoms with Crippen molar-refractivity contribution >= 4 is 11.7 Å². The SMILES string of the molecule is CN(C)CC1CC(O)CN1c1ccnc(C(=O)O)c1. The van der Waals surface area contributed by atoms with Crippen LogP contribution in [-0.4, -0.2) is 65.4 Å². The van der Waals surface area contributed by atoms with E-state index in [1.807, 2.05) is 14.1 Å². The molecule has 0 bridgehead atoms. The van der Waals surface area contributed by atoms with E-state index in [1.54, 1.807) is 12.1 Å². The lowest BCUT2D eigenvalue weighted by atomic mass is 10.2. The number of nitrogens with zero attached hydrogens (tertiary/aromatic N) is 3. The van der Waals surface area contributed by atoms with Gasteiger partial charge in [0.05, 0.1) is 6.10 Å². The van der Waals surface area contributed by atoms with Crippen LogP contribution in [0.2, 0.25) is 0 Å². The van der Waals surface area contributed by atoms with Crippen molar-refractivity contribution in [2.24, 2.45) is 0 Å². The van der Waals surface area contributed by atoms with Gasteiger partial charge in [0.1, 0.15) is 5.69 Å². The lowest BCUT2D eigenvalue weighted by molar-refractivity contribution is 0.0690. The number of pyridine rings is 1. The average Bonchev–Trinajstić information content (AvgIpc) is 2.69. The molecule has 1 aliphatic rings. The monoisotopic (exact) mass is 265 g/mol. The number of β-amino-alcohol motifs (C(OH)–C–C–N with tert-alkyl or cyclic N) is 1. The highest BCUT2D eigenvalue weighted by molar-refractivity contribution is 5.86. The number of hydrogen-bond donors (Lipinski definition) is 2. The maximum Gasteiger partial charge on any atom is 0.354 e. The second kappa shape index (κ2) is 5.54. The standard InChI is InChI=1S/C13H19N3O3/c1-15(2)7-10-5-11(17)8-16(10)9-3-4-14-12(6-9)13(18)19/h3-4,6,10-11,17H,5,7-8H2,1-2H3,(H,18,19). The summed E-state index contributed by atoms with van der Waals surface area (Å²) in [5.74, 6) is -1.04. The van der Waals surface area contributed by atoms with Gasteiger partial charge in [-0.1, -0.05) is 0 Å². The molecule has 2 heterocycles. The number of aliphatic hydroxyl groups is 1. The van der Waals surface area contributed by atoms with E-state index in [-0.39, 0.29) is 17.8 Å².